The summed E-state index contributed by atoms with van der Waals surface area (Å²) in [6.07, 6.45) is 7.62. The summed E-state index contributed by atoms with van der Waals surface area (Å²) in [5.41, 5.74) is 5.99. The van der Waals surface area contributed by atoms with Gasteiger partial charge in [0, 0.05) is 0 Å². The molecule has 2 heteroatoms. The molecule has 0 aromatic heterocycles. The molecule has 1 saturated carbocycles. The number of rotatable bonds is 6. The zero-order valence-electron chi connectivity index (χ0n) is 11.6. The predicted octanol–water partition coefficient (Wildman–Crippen LogP) is 4.16. The Morgan fingerprint density at radius 2 is 1.83 bits per heavy atom. The maximum Gasteiger partial charge on any atom is 0.0790 e. The Labute approximate surface area is 111 Å². The summed E-state index contributed by atoms with van der Waals surface area (Å²) >= 11 is 0. The second-order valence-electron chi connectivity index (χ2n) is 5.20. The van der Waals surface area contributed by atoms with E-state index in [1.54, 1.807) is 0 Å². The van der Waals surface area contributed by atoms with Crippen molar-refractivity contribution in [1.82, 2.24) is 5.48 Å². The molecule has 1 N–H and O–H groups in total. The average Bonchev–Trinajstić information content (AvgIpc) is 2.93. The Morgan fingerprint density at radius 3 is 2.39 bits per heavy atom. The number of nitrogens with one attached hydrogen (secondary N) is 1. The maximum absolute atomic E-state index is 5.82. The van der Waals surface area contributed by atoms with Crippen molar-refractivity contribution in [3.63, 3.8) is 0 Å². The van der Waals surface area contributed by atoms with Crippen molar-refractivity contribution >= 4 is 0 Å². The molecule has 0 bridgehead atoms. The topological polar surface area (TPSA) is 21.3 Å². The number of hydrogen-bond acceptors (Lipinski definition) is 2. The van der Waals surface area contributed by atoms with Gasteiger partial charge in [-0.05, 0) is 36.8 Å². The van der Waals surface area contributed by atoms with E-state index < -0.39 is 0 Å². The average molecular weight is 247 g/mol. The van der Waals surface area contributed by atoms with E-state index in [0.717, 1.165) is 12.8 Å². The second-order valence-corrected chi connectivity index (χ2v) is 5.20. The van der Waals surface area contributed by atoms with Crippen LogP contribution < -0.4 is 5.48 Å². The van der Waals surface area contributed by atoms with Crippen LogP contribution in [0.4, 0.5) is 0 Å². The first-order valence-corrected chi connectivity index (χ1v) is 7.33. The van der Waals surface area contributed by atoms with Crippen molar-refractivity contribution in [2.45, 2.75) is 64.5 Å². The van der Waals surface area contributed by atoms with E-state index in [2.05, 4.69) is 43.6 Å². The van der Waals surface area contributed by atoms with Gasteiger partial charge in [0.15, 0.2) is 0 Å². The van der Waals surface area contributed by atoms with Gasteiger partial charge in [-0.2, -0.15) is 5.48 Å². The van der Waals surface area contributed by atoms with Crippen LogP contribution in [0.2, 0.25) is 0 Å². The summed E-state index contributed by atoms with van der Waals surface area (Å²) in [5.74, 6) is 0. The van der Waals surface area contributed by atoms with Crippen LogP contribution in [-0.2, 0) is 11.3 Å². The van der Waals surface area contributed by atoms with Crippen molar-refractivity contribution in [2.75, 3.05) is 0 Å². The SMILES string of the molecule is CCc1ccc(C(CC)NOC2CCCC2)cc1. The van der Waals surface area contributed by atoms with Gasteiger partial charge < -0.3 is 0 Å². The van der Waals surface area contributed by atoms with E-state index in [4.69, 9.17) is 4.84 Å². The van der Waals surface area contributed by atoms with Gasteiger partial charge in [-0.3, -0.25) is 4.84 Å². The van der Waals surface area contributed by atoms with Crippen LogP contribution in [0.3, 0.4) is 0 Å². The van der Waals surface area contributed by atoms with Gasteiger partial charge in [-0.1, -0.05) is 51.0 Å². The highest BCUT2D eigenvalue weighted by atomic mass is 16.7. The van der Waals surface area contributed by atoms with Crippen LogP contribution in [0.5, 0.6) is 0 Å². The van der Waals surface area contributed by atoms with Crippen molar-refractivity contribution < 1.29 is 4.84 Å². The summed E-state index contributed by atoms with van der Waals surface area (Å²) in [5, 5.41) is 0. The Morgan fingerprint density at radius 1 is 1.17 bits per heavy atom. The Bertz CT molecular complexity index is 341. The summed E-state index contributed by atoms with van der Waals surface area (Å²) < 4.78 is 0. The number of hydrogen-bond donors (Lipinski definition) is 1. The van der Waals surface area contributed by atoms with Crippen LogP contribution in [-0.4, -0.2) is 6.10 Å². The van der Waals surface area contributed by atoms with E-state index in [0.29, 0.717) is 12.1 Å². The van der Waals surface area contributed by atoms with Gasteiger partial charge in [-0.15, -0.1) is 0 Å². The van der Waals surface area contributed by atoms with Crippen LogP contribution in [0, 0.1) is 0 Å². The molecule has 2 nitrogen and oxygen atoms in total. The monoisotopic (exact) mass is 247 g/mol. The summed E-state index contributed by atoms with van der Waals surface area (Å²) in [6.45, 7) is 4.39. The third-order valence-corrected chi connectivity index (χ3v) is 3.88. The Balaban J connectivity index is 1.89. The minimum atomic E-state index is 0.316. The van der Waals surface area contributed by atoms with Gasteiger partial charge in [0.05, 0.1) is 12.1 Å². The molecule has 0 spiro atoms. The van der Waals surface area contributed by atoms with E-state index in [1.165, 1.54) is 36.8 Å². The number of benzene rings is 1. The summed E-state index contributed by atoms with van der Waals surface area (Å²) in [4.78, 5) is 5.82. The smallest absolute Gasteiger partial charge is 0.0790 e. The Kier molecular flexibility index (Phi) is 5.21. The fourth-order valence-corrected chi connectivity index (χ4v) is 2.56. The van der Waals surface area contributed by atoms with Gasteiger partial charge in [0.2, 0.25) is 0 Å². The molecule has 1 aromatic carbocycles. The molecule has 0 aliphatic heterocycles. The van der Waals surface area contributed by atoms with Crippen LogP contribution in [0.25, 0.3) is 0 Å². The molecule has 100 valence electrons. The van der Waals surface area contributed by atoms with Crippen LogP contribution in [0.15, 0.2) is 24.3 Å². The Hall–Kier alpha value is -0.860. The fraction of sp³-hybridized carbons (Fsp3) is 0.625. The van der Waals surface area contributed by atoms with E-state index >= 15 is 0 Å². The third kappa shape index (κ3) is 3.56. The van der Waals surface area contributed by atoms with Crippen molar-refractivity contribution in [1.29, 1.82) is 0 Å². The lowest BCUT2D eigenvalue weighted by Crippen LogP contribution is -2.26. The quantitative estimate of drug-likeness (QED) is 0.762. The predicted molar refractivity (Wildman–Crippen MR) is 75.3 cm³/mol. The largest absolute Gasteiger partial charge is 0.298 e. The molecule has 1 unspecified atom stereocenters. The fourth-order valence-electron chi connectivity index (χ4n) is 2.56. The lowest BCUT2D eigenvalue weighted by Gasteiger charge is -2.20. The maximum atomic E-state index is 5.82. The minimum Gasteiger partial charge on any atom is -0.298 e. The van der Waals surface area contributed by atoms with Gasteiger partial charge in [-0.25, -0.2) is 0 Å². The normalized spacial score (nSPS) is 18.1. The molecule has 0 amide bonds. The standard InChI is InChI=1S/C16H25NO/c1-3-13-9-11-14(12-10-13)16(4-2)17-18-15-7-5-6-8-15/h9-12,15-17H,3-8H2,1-2H3. The number of aryl methyl sites for hydroxylation is 1. The molecule has 2 rings (SSSR count). The van der Waals surface area contributed by atoms with E-state index in [9.17, 15) is 0 Å². The highest BCUT2D eigenvalue weighted by Gasteiger charge is 2.17. The second kappa shape index (κ2) is 6.91. The van der Waals surface area contributed by atoms with Gasteiger partial charge in [0.25, 0.3) is 0 Å². The molecule has 1 aliphatic rings. The molecule has 1 atom stereocenters. The molecular weight excluding hydrogens is 222 g/mol. The van der Waals surface area contributed by atoms with Crippen molar-refractivity contribution in [3.8, 4) is 0 Å². The first-order valence-electron chi connectivity index (χ1n) is 7.33. The third-order valence-electron chi connectivity index (χ3n) is 3.88. The highest BCUT2D eigenvalue weighted by Crippen LogP contribution is 2.23. The summed E-state index contributed by atoms with van der Waals surface area (Å²) in [6, 6.07) is 9.19. The minimum absolute atomic E-state index is 0.316. The van der Waals surface area contributed by atoms with Gasteiger partial charge in [0.1, 0.15) is 0 Å². The zero-order valence-corrected chi connectivity index (χ0v) is 11.6. The van der Waals surface area contributed by atoms with Crippen LogP contribution >= 0.6 is 0 Å². The number of hydroxylamine groups is 1. The van der Waals surface area contributed by atoms with Crippen LogP contribution in [0.1, 0.15) is 63.1 Å². The molecule has 0 heterocycles. The molecule has 18 heavy (non-hydrogen) atoms. The molecule has 0 radical (unpaired) electrons. The first-order chi connectivity index (χ1) is 8.83. The molecule has 1 aromatic rings. The van der Waals surface area contributed by atoms with E-state index in [-0.39, 0.29) is 0 Å². The highest BCUT2D eigenvalue weighted by molar-refractivity contribution is 5.24. The molecule has 1 fully saturated rings. The zero-order chi connectivity index (χ0) is 12.8. The molecule has 1 aliphatic carbocycles. The first kappa shape index (κ1) is 13.6. The molecular formula is C16H25NO. The van der Waals surface area contributed by atoms with Crippen molar-refractivity contribution in [3.05, 3.63) is 35.4 Å². The molecule has 0 saturated heterocycles. The summed E-state index contributed by atoms with van der Waals surface area (Å²) in [7, 11) is 0. The lowest BCUT2D eigenvalue weighted by atomic mass is 10.0. The van der Waals surface area contributed by atoms with Gasteiger partial charge >= 0.3 is 0 Å². The van der Waals surface area contributed by atoms with Crippen molar-refractivity contribution in [2.24, 2.45) is 0 Å². The van der Waals surface area contributed by atoms with E-state index in [1.807, 2.05) is 0 Å². The lowest BCUT2D eigenvalue weighted by molar-refractivity contribution is -0.0415.